The molecule has 5 aliphatic rings. The van der Waals surface area contributed by atoms with Gasteiger partial charge in [0.2, 0.25) is 0 Å². The van der Waals surface area contributed by atoms with Gasteiger partial charge in [-0.1, -0.05) is 11.6 Å². The van der Waals surface area contributed by atoms with Crippen LogP contribution in [0.25, 0.3) is 0 Å². The van der Waals surface area contributed by atoms with Crippen LogP contribution < -0.4 is 16.0 Å². The molecule has 0 unspecified atom stereocenters. The Hall–Kier alpha value is -1.33. The lowest BCUT2D eigenvalue weighted by atomic mass is 9.49. The van der Waals surface area contributed by atoms with Gasteiger partial charge in [0, 0.05) is 18.8 Å². The molecule has 2 heterocycles. The number of pyridine rings is 1. The van der Waals surface area contributed by atoms with E-state index in [4.69, 9.17) is 11.6 Å². The molecule has 5 fully saturated rings. The van der Waals surface area contributed by atoms with E-state index < -0.39 is 0 Å². The summed E-state index contributed by atoms with van der Waals surface area (Å²) in [6.07, 6.45) is 11.9. The minimum Gasteiger partial charge on any atom is -0.367 e. The van der Waals surface area contributed by atoms with E-state index in [1.165, 1.54) is 38.5 Å². The van der Waals surface area contributed by atoms with Crippen molar-refractivity contribution < 1.29 is 4.79 Å². The number of amides is 1. The van der Waals surface area contributed by atoms with Crippen molar-refractivity contribution in [3.8, 4) is 0 Å². The molecule has 0 aromatic carbocycles. The Bertz CT molecular complexity index is 711. The number of anilines is 1. The zero-order chi connectivity index (χ0) is 19.1. The van der Waals surface area contributed by atoms with Crippen molar-refractivity contribution in [2.75, 3.05) is 25.0 Å². The van der Waals surface area contributed by atoms with Gasteiger partial charge in [-0.05, 0) is 93.7 Å². The lowest BCUT2D eigenvalue weighted by molar-refractivity contribution is -0.0503. The van der Waals surface area contributed by atoms with E-state index in [0.29, 0.717) is 22.0 Å². The van der Waals surface area contributed by atoms with Crippen molar-refractivity contribution in [1.29, 1.82) is 0 Å². The second-order valence-electron chi connectivity index (χ2n) is 9.82. The van der Waals surface area contributed by atoms with E-state index in [-0.39, 0.29) is 5.91 Å². The van der Waals surface area contributed by atoms with E-state index in [1.54, 1.807) is 6.20 Å². The molecule has 1 amide bonds. The van der Waals surface area contributed by atoms with Crippen LogP contribution >= 0.6 is 11.6 Å². The smallest absolute Gasteiger partial charge is 0.253 e. The Morgan fingerprint density at radius 2 is 1.79 bits per heavy atom. The number of carbonyl (C=O) groups is 1. The van der Waals surface area contributed by atoms with Gasteiger partial charge in [-0.25, -0.2) is 4.98 Å². The second-order valence-corrected chi connectivity index (χ2v) is 10.2. The van der Waals surface area contributed by atoms with Crippen LogP contribution in [-0.4, -0.2) is 36.6 Å². The van der Waals surface area contributed by atoms with Crippen LogP contribution in [0.15, 0.2) is 12.3 Å². The van der Waals surface area contributed by atoms with Crippen molar-refractivity contribution in [2.24, 2.45) is 23.2 Å². The summed E-state index contributed by atoms with van der Waals surface area (Å²) in [4.78, 5) is 17.3. The van der Waals surface area contributed by atoms with Crippen molar-refractivity contribution in [2.45, 2.75) is 57.4 Å². The zero-order valence-corrected chi connectivity index (χ0v) is 17.2. The molecule has 1 aromatic heterocycles. The summed E-state index contributed by atoms with van der Waals surface area (Å²) in [5.74, 6) is 3.38. The Labute approximate surface area is 172 Å². The molecule has 0 atom stereocenters. The molecule has 152 valence electrons. The molecule has 1 aromatic rings. The summed E-state index contributed by atoms with van der Waals surface area (Å²) in [6, 6.07) is 2.22. The highest BCUT2D eigenvalue weighted by Gasteiger charge is 2.50. The topological polar surface area (TPSA) is 66.1 Å². The first-order valence-electron chi connectivity index (χ1n) is 11.0. The Morgan fingerprint density at radius 1 is 1.14 bits per heavy atom. The van der Waals surface area contributed by atoms with Gasteiger partial charge >= 0.3 is 0 Å². The molecular formula is C22H31ClN4O. The number of aromatic nitrogens is 1. The van der Waals surface area contributed by atoms with Gasteiger partial charge in [-0.15, -0.1) is 0 Å². The Balaban J connectivity index is 1.24. The fraction of sp³-hybridized carbons (Fsp3) is 0.727. The van der Waals surface area contributed by atoms with Crippen molar-refractivity contribution in [3.63, 3.8) is 0 Å². The van der Waals surface area contributed by atoms with Crippen LogP contribution in [0.3, 0.4) is 0 Å². The third kappa shape index (κ3) is 3.76. The van der Waals surface area contributed by atoms with Crippen molar-refractivity contribution in [1.82, 2.24) is 15.6 Å². The number of piperidine rings is 1. The number of carbonyl (C=O) groups excluding carboxylic acids is 1. The number of nitrogens with one attached hydrogen (secondary N) is 3. The number of rotatable bonds is 5. The molecule has 0 radical (unpaired) electrons. The predicted octanol–water partition coefficient (Wildman–Crippen LogP) is 3.85. The maximum absolute atomic E-state index is 12.9. The minimum atomic E-state index is -0.0588. The highest BCUT2D eigenvalue weighted by molar-refractivity contribution is 6.33. The quantitative estimate of drug-likeness (QED) is 0.700. The minimum absolute atomic E-state index is 0.0588. The fourth-order valence-electron chi connectivity index (χ4n) is 6.74. The van der Waals surface area contributed by atoms with E-state index in [9.17, 15) is 4.79 Å². The second kappa shape index (κ2) is 7.49. The van der Waals surface area contributed by atoms with Crippen LogP contribution in [0.4, 0.5) is 5.82 Å². The number of hydrogen-bond donors (Lipinski definition) is 3. The Kier molecular flexibility index (Phi) is 5.00. The molecule has 4 saturated carbocycles. The van der Waals surface area contributed by atoms with Gasteiger partial charge in [0.25, 0.3) is 5.91 Å². The molecule has 3 N–H and O–H groups in total. The van der Waals surface area contributed by atoms with Crippen molar-refractivity contribution in [3.05, 3.63) is 22.8 Å². The molecule has 6 heteroatoms. The molecule has 5 nitrogen and oxygen atoms in total. The third-order valence-corrected chi connectivity index (χ3v) is 7.88. The molecule has 28 heavy (non-hydrogen) atoms. The van der Waals surface area contributed by atoms with Crippen LogP contribution in [-0.2, 0) is 0 Å². The lowest BCUT2D eigenvalue weighted by Crippen LogP contribution is -2.51. The van der Waals surface area contributed by atoms with Gasteiger partial charge in [-0.2, -0.15) is 0 Å². The summed E-state index contributed by atoms with van der Waals surface area (Å²) in [5, 5.41) is 10.5. The molecule has 6 rings (SSSR count). The normalized spacial score (nSPS) is 34.4. The van der Waals surface area contributed by atoms with Gasteiger partial charge in [0.05, 0.1) is 10.6 Å². The SMILES string of the molecule is O=C(NCC12CC3CC(CC(C3)C1)C2)c1cc(NC2CCNCC2)ncc1Cl. The van der Waals surface area contributed by atoms with Crippen LogP contribution in [0, 0.1) is 23.2 Å². The first-order chi connectivity index (χ1) is 13.6. The largest absolute Gasteiger partial charge is 0.367 e. The number of halogens is 1. The van der Waals surface area contributed by atoms with Gasteiger partial charge in [0.15, 0.2) is 0 Å². The van der Waals surface area contributed by atoms with Crippen LogP contribution in [0.5, 0.6) is 0 Å². The standard InChI is InChI=1S/C22H31ClN4O/c23-19-12-25-20(27-17-1-3-24-4-2-17)8-18(19)21(28)26-13-22-9-14-5-15(10-22)7-16(6-14)11-22/h8,12,14-17,24H,1-7,9-11,13H2,(H,25,27)(H,26,28). The summed E-state index contributed by atoms with van der Waals surface area (Å²) < 4.78 is 0. The maximum atomic E-state index is 12.9. The summed E-state index contributed by atoms with van der Waals surface area (Å²) >= 11 is 6.33. The summed E-state index contributed by atoms with van der Waals surface area (Å²) in [5.41, 5.74) is 0.873. The molecule has 1 saturated heterocycles. The Morgan fingerprint density at radius 3 is 2.43 bits per heavy atom. The average Bonchev–Trinajstić information content (AvgIpc) is 2.67. The highest BCUT2D eigenvalue weighted by Crippen LogP contribution is 2.59. The van der Waals surface area contributed by atoms with Gasteiger partial charge in [-0.3, -0.25) is 4.79 Å². The van der Waals surface area contributed by atoms with Crippen molar-refractivity contribution >= 4 is 23.3 Å². The monoisotopic (exact) mass is 402 g/mol. The maximum Gasteiger partial charge on any atom is 0.253 e. The predicted molar refractivity (Wildman–Crippen MR) is 112 cm³/mol. The van der Waals surface area contributed by atoms with E-state index in [0.717, 1.165) is 56.0 Å². The zero-order valence-electron chi connectivity index (χ0n) is 16.5. The molecule has 1 aliphatic heterocycles. The lowest BCUT2D eigenvalue weighted by Gasteiger charge is -2.56. The van der Waals surface area contributed by atoms with Crippen LogP contribution in [0.2, 0.25) is 5.02 Å². The van der Waals surface area contributed by atoms with Gasteiger partial charge < -0.3 is 16.0 Å². The van der Waals surface area contributed by atoms with E-state index >= 15 is 0 Å². The number of nitrogens with zero attached hydrogens (tertiary/aromatic N) is 1. The average molecular weight is 403 g/mol. The van der Waals surface area contributed by atoms with Gasteiger partial charge in [0.1, 0.15) is 5.82 Å². The highest BCUT2D eigenvalue weighted by atomic mass is 35.5. The van der Waals surface area contributed by atoms with E-state index in [2.05, 4.69) is 20.9 Å². The molecule has 4 aliphatic carbocycles. The third-order valence-electron chi connectivity index (χ3n) is 7.58. The first kappa shape index (κ1) is 18.7. The fourth-order valence-corrected chi connectivity index (χ4v) is 6.93. The summed E-state index contributed by atoms with van der Waals surface area (Å²) in [6.45, 7) is 2.83. The molecule has 4 bridgehead atoms. The molecule has 0 spiro atoms. The molecular weight excluding hydrogens is 372 g/mol. The number of hydrogen-bond acceptors (Lipinski definition) is 4. The first-order valence-corrected chi connectivity index (χ1v) is 11.4. The summed E-state index contributed by atoms with van der Waals surface area (Å²) in [7, 11) is 0. The van der Waals surface area contributed by atoms with E-state index in [1.807, 2.05) is 6.07 Å². The van der Waals surface area contributed by atoms with Crippen LogP contribution in [0.1, 0.15) is 61.7 Å².